The number of nitrogens with zero attached hydrogens (tertiary/aromatic N) is 4. The average Bonchev–Trinajstić information content (AvgIpc) is 3.49. The van der Waals surface area contributed by atoms with E-state index in [-0.39, 0.29) is 12.0 Å². The van der Waals surface area contributed by atoms with Crippen LogP contribution < -0.4 is 4.74 Å². The first-order chi connectivity index (χ1) is 14.7. The number of aromatic nitrogens is 3. The van der Waals surface area contributed by atoms with Gasteiger partial charge in [-0.2, -0.15) is 5.10 Å². The van der Waals surface area contributed by atoms with Crippen LogP contribution in [0.25, 0.3) is 11.1 Å². The molecule has 1 atom stereocenters. The number of hydrogen-bond acceptors (Lipinski definition) is 5. The van der Waals surface area contributed by atoms with Crippen LogP contribution in [0.15, 0.2) is 48.9 Å². The number of pyridine rings is 1. The van der Waals surface area contributed by atoms with Crippen molar-refractivity contribution in [1.29, 1.82) is 0 Å². The standard InChI is InChI=1S/C23H24N4O3/c1-26-13-19(11-25-26)17-6-4-16(5-7-17)12-27-14-18-8-9-24-22(21(18)23(27)28)30-15-20-3-2-10-29-20/h4-9,11,13,20H,2-3,10,12,14-15H2,1H3. The van der Waals surface area contributed by atoms with Gasteiger partial charge in [0, 0.05) is 44.7 Å². The van der Waals surface area contributed by atoms with Gasteiger partial charge in [-0.25, -0.2) is 4.98 Å². The molecule has 1 saturated heterocycles. The predicted octanol–water partition coefficient (Wildman–Crippen LogP) is 3.20. The topological polar surface area (TPSA) is 69.5 Å². The number of ether oxygens (including phenoxy) is 2. The van der Waals surface area contributed by atoms with Gasteiger partial charge in [0.2, 0.25) is 5.88 Å². The Morgan fingerprint density at radius 3 is 2.80 bits per heavy atom. The van der Waals surface area contributed by atoms with E-state index in [1.54, 1.807) is 10.9 Å². The summed E-state index contributed by atoms with van der Waals surface area (Å²) in [6, 6.07) is 10.2. The van der Waals surface area contributed by atoms with E-state index in [0.717, 1.165) is 41.7 Å². The van der Waals surface area contributed by atoms with Crippen LogP contribution in [0.5, 0.6) is 5.88 Å². The Morgan fingerprint density at radius 2 is 2.07 bits per heavy atom. The summed E-state index contributed by atoms with van der Waals surface area (Å²) in [7, 11) is 1.90. The SMILES string of the molecule is Cn1cc(-c2ccc(CN3Cc4ccnc(OCC5CCCO5)c4C3=O)cc2)cn1. The Balaban J connectivity index is 1.28. The van der Waals surface area contributed by atoms with E-state index >= 15 is 0 Å². The maximum atomic E-state index is 13.1. The van der Waals surface area contributed by atoms with Crippen LogP contribution >= 0.6 is 0 Å². The van der Waals surface area contributed by atoms with Crippen molar-refractivity contribution in [3.8, 4) is 17.0 Å². The van der Waals surface area contributed by atoms with E-state index in [9.17, 15) is 4.79 Å². The molecule has 0 spiro atoms. The van der Waals surface area contributed by atoms with E-state index in [0.29, 0.717) is 31.1 Å². The van der Waals surface area contributed by atoms with Crippen molar-refractivity contribution in [3.63, 3.8) is 0 Å². The normalized spacial score (nSPS) is 18.1. The molecule has 1 amide bonds. The van der Waals surface area contributed by atoms with E-state index in [4.69, 9.17) is 9.47 Å². The van der Waals surface area contributed by atoms with Crippen molar-refractivity contribution < 1.29 is 14.3 Å². The number of amides is 1. The van der Waals surface area contributed by atoms with Crippen LogP contribution in [-0.4, -0.2) is 44.9 Å². The van der Waals surface area contributed by atoms with Crippen molar-refractivity contribution in [2.45, 2.75) is 32.0 Å². The molecule has 2 aliphatic heterocycles. The van der Waals surface area contributed by atoms with Gasteiger partial charge in [-0.05, 0) is 35.6 Å². The van der Waals surface area contributed by atoms with Gasteiger partial charge >= 0.3 is 0 Å². The molecule has 154 valence electrons. The summed E-state index contributed by atoms with van der Waals surface area (Å²) in [5.74, 6) is 0.388. The molecule has 7 heteroatoms. The molecule has 1 fully saturated rings. The van der Waals surface area contributed by atoms with Crippen molar-refractivity contribution >= 4 is 5.91 Å². The van der Waals surface area contributed by atoms with Crippen LogP contribution in [0.3, 0.4) is 0 Å². The lowest BCUT2D eigenvalue weighted by Gasteiger charge is -2.16. The second-order valence-corrected chi connectivity index (χ2v) is 7.86. The fourth-order valence-electron chi connectivity index (χ4n) is 4.05. The number of aryl methyl sites for hydroxylation is 1. The number of hydrogen-bond donors (Lipinski definition) is 0. The first-order valence-corrected chi connectivity index (χ1v) is 10.3. The van der Waals surface area contributed by atoms with Crippen molar-refractivity contribution in [2.75, 3.05) is 13.2 Å². The maximum Gasteiger partial charge on any atom is 0.260 e. The molecule has 0 aliphatic carbocycles. The lowest BCUT2D eigenvalue weighted by molar-refractivity contribution is 0.0643. The first kappa shape index (κ1) is 18.8. The third kappa shape index (κ3) is 3.68. The van der Waals surface area contributed by atoms with Gasteiger partial charge in [0.1, 0.15) is 12.2 Å². The summed E-state index contributed by atoms with van der Waals surface area (Å²) < 4.78 is 13.3. The molecule has 1 aromatic carbocycles. The predicted molar refractivity (Wildman–Crippen MR) is 111 cm³/mol. The molecular formula is C23H24N4O3. The number of benzene rings is 1. The highest BCUT2D eigenvalue weighted by Gasteiger charge is 2.32. The molecule has 0 saturated carbocycles. The van der Waals surface area contributed by atoms with Crippen molar-refractivity contribution in [2.24, 2.45) is 7.05 Å². The van der Waals surface area contributed by atoms with Crippen LogP contribution in [0.2, 0.25) is 0 Å². The van der Waals surface area contributed by atoms with Gasteiger partial charge in [0.25, 0.3) is 5.91 Å². The van der Waals surface area contributed by atoms with Gasteiger partial charge in [-0.3, -0.25) is 9.48 Å². The first-order valence-electron chi connectivity index (χ1n) is 10.3. The van der Waals surface area contributed by atoms with Crippen molar-refractivity contribution in [3.05, 3.63) is 65.6 Å². The van der Waals surface area contributed by atoms with Crippen molar-refractivity contribution in [1.82, 2.24) is 19.7 Å². The molecule has 0 N–H and O–H groups in total. The minimum atomic E-state index is -0.0308. The molecule has 0 bridgehead atoms. The van der Waals surface area contributed by atoms with E-state index in [1.807, 2.05) is 30.4 Å². The van der Waals surface area contributed by atoms with Gasteiger partial charge in [0.15, 0.2) is 0 Å². The summed E-state index contributed by atoms with van der Waals surface area (Å²) in [6.07, 6.45) is 7.68. The smallest absolute Gasteiger partial charge is 0.260 e. The van der Waals surface area contributed by atoms with Crippen LogP contribution in [0, 0.1) is 0 Å². The Morgan fingerprint density at radius 1 is 1.20 bits per heavy atom. The maximum absolute atomic E-state index is 13.1. The average molecular weight is 404 g/mol. The lowest BCUT2D eigenvalue weighted by Crippen LogP contribution is -2.24. The highest BCUT2D eigenvalue weighted by molar-refractivity contribution is 6.00. The van der Waals surface area contributed by atoms with E-state index in [2.05, 4.69) is 34.3 Å². The largest absolute Gasteiger partial charge is 0.474 e. The second kappa shape index (κ2) is 7.91. The van der Waals surface area contributed by atoms with Gasteiger partial charge in [0.05, 0.1) is 12.3 Å². The molecular weight excluding hydrogens is 380 g/mol. The number of carbonyl (C=O) groups excluding carboxylic acids is 1. The number of carbonyl (C=O) groups is 1. The lowest BCUT2D eigenvalue weighted by atomic mass is 10.1. The molecule has 2 aliphatic rings. The quantitative estimate of drug-likeness (QED) is 0.631. The summed E-state index contributed by atoms with van der Waals surface area (Å²) >= 11 is 0. The fraction of sp³-hybridized carbons (Fsp3) is 0.348. The minimum Gasteiger partial charge on any atom is -0.474 e. The van der Waals surface area contributed by atoms with Gasteiger partial charge in [-0.1, -0.05) is 24.3 Å². The van der Waals surface area contributed by atoms with E-state index < -0.39 is 0 Å². The molecule has 0 radical (unpaired) electrons. The Labute approximate surface area is 175 Å². The molecule has 7 nitrogen and oxygen atoms in total. The minimum absolute atomic E-state index is 0.0308. The van der Waals surface area contributed by atoms with Crippen LogP contribution in [0.4, 0.5) is 0 Å². The molecule has 4 heterocycles. The summed E-state index contributed by atoms with van der Waals surface area (Å²) in [4.78, 5) is 19.2. The molecule has 30 heavy (non-hydrogen) atoms. The van der Waals surface area contributed by atoms with Gasteiger partial charge in [-0.15, -0.1) is 0 Å². The molecule has 3 aromatic rings. The molecule has 1 unspecified atom stereocenters. The zero-order valence-corrected chi connectivity index (χ0v) is 17.0. The van der Waals surface area contributed by atoms with Crippen LogP contribution in [-0.2, 0) is 24.9 Å². The zero-order valence-electron chi connectivity index (χ0n) is 17.0. The Hall–Kier alpha value is -3.19. The zero-order chi connectivity index (χ0) is 20.5. The summed E-state index contributed by atoms with van der Waals surface area (Å²) in [5.41, 5.74) is 4.81. The number of fused-ring (bicyclic) bond motifs is 1. The Kier molecular flexibility index (Phi) is 4.96. The molecule has 2 aromatic heterocycles. The third-order valence-electron chi connectivity index (χ3n) is 5.66. The third-order valence-corrected chi connectivity index (χ3v) is 5.66. The highest BCUT2D eigenvalue weighted by Crippen LogP contribution is 2.31. The van der Waals surface area contributed by atoms with Gasteiger partial charge < -0.3 is 14.4 Å². The highest BCUT2D eigenvalue weighted by atomic mass is 16.5. The monoisotopic (exact) mass is 404 g/mol. The molecule has 5 rings (SSSR count). The van der Waals surface area contributed by atoms with E-state index in [1.165, 1.54) is 0 Å². The number of rotatable bonds is 6. The summed E-state index contributed by atoms with van der Waals surface area (Å²) in [5, 5.41) is 4.22. The second-order valence-electron chi connectivity index (χ2n) is 7.86. The fourth-order valence-corrected chi connectivity index (χ4v) is 4.05. The van der Waals surface area contributed by atoms with Crippen LogP contribution in [0.1, 0.15) is 34.3 Å². The summed E-state index contributed by atoms with van der Waals surface area (Å²) in [6.45, 7) is 2.33. The Bertz CT molecular complexity index is 1050.